The van der Waals surface area contributed by atoms with Crippen LogP contribution in [-0.2, 0) is 21.7 Å². The van der Waals surface area contributed by atoms with E-state index in [1.807, 2.05) is 36.4 Å². The molecule has 0 saturated heterocycles. The van der Waals surface area contributed by atoms with Gasteiger partial charge in [-0.3, -0.25) is 9.59 Å². The van der Waals surface area contributed by atoms with Crippen LogP contribution in [0.3, 0.4) is 0 Å². The zero-order valence-electron chi connectivity index (χ0n) is 63.7. The van der Waals surface area contributed by atoms with E-state index >= 15 is 4.79 Å². The van der Waals surface area contributed by atoms with E-state index in [4.69, 9.17) is 4.42 Å². The summed E-state index contributed by atoms with van der Waals surface area (Å²) in [5.74, 6) is 0.0597. The van der Waals surface area contributed by atoms with Crippen LogP contribution in [-0.4, -0.2) is 11.6 Å². The fraction of sp³-hybridized carbons (Fsp3) is 0.0545. The molecule has 0 saturated carbocycles. The van der Waals surface area contributed by atoms with Crippen LogP contribution in [0.15, 0.2) is 411 Å². The molecule has 2 aliphatic carbocycles. The molecule has 18 aromatic rings. The molecule has 3 aliphatic heterocycles. The van der Waals surface area contributed by atoms with Crippen LogP contribution in [0.2, 0.25) is 0 Å². The van der Waals surface area contributed by atoms with Crippen LogP contribution in [0.1, 0.15) is 124 Å². The molecule has 116 heavy (non-hydrogen) atoms. The van der Waals surface area contributed by atoms with E-state index in [0.717, 1.165) is 157 Å². The van der Waals surface area contributed by atoms with Crippen LogP contribution < -0.4 is 14.7 Å². The molecule has 1 spiro atoms. The second-order valence-electron chi connectivity index (χ2n) is 31.9. The zero-order chi connectivity index (χ0) is 77.2. The van der Waals surface area contributed by atoms with E-state index in [9.17, 15) is 4.79 Å². The number of nitrogens with zero attached hydrogens (tertiary/aromatic N) is 3. The molecule has 1 unspecified atom stereocenters. The maximum Gasteiger partial charge on any atom is 0.193 e. The lowest BCUT2D eigenvalue weighted by molar-refractivity contribution is 0.102. The third-order valence-electron chi connectivity index (χ3n) is 26.0. The second-order valence-corrected chi connectivity index (χ2v) is 31.9. The number of rotatable bonds is 9. The first kappa shape index (κ1) is 67.0. The Hall–Kier alpha value is -14.7. The summed E-state index contributed by atoms with van der Waals surface area (Å²) in [6.07, 6.45) is 0. The first-order valence-electron chi connectivity index (χ1n) is 40.0. The van der Waals surface area contributed by atoms with Crippen molar-refractivity contribution in [1.29, 1.82) is 0 Å². The number of ketones is 2. The van der Waals surface area contributed by atoms with Gasteiger partial charge in [-0.1, -0.05) is 329 Å². The molecule has 4 heterocycles. The molecule has 17 aromatic carbocycles. The fourth-order valence-corrected chi connectivity index (χ4v) is 21.1. The van der Waals surface area contributed by atoms with Gasteiger partial charge in [-0.2, -0.15) is 0 Å². The lowest BCUT2D eigenvalue weighted by Gasteiger charge is -2.49. The molecule has 0 radical (unpaired) electrons. The quantitative estimate of drug-likeness (QED) is 0.144. The van der Waals surface area contributed by atoms with Gasteiger partial charge in [0.15, 0.2) is 11.6 Å². The minimum absolute atomic E-state index is 0.00897. The van der Waals surface area contributed by atoms with E-state index in [0.29, 0.717) is 11.1 Å². The van der Waals surface area contributed by atoms with Crippen LogP contribution in [0.4, 0.5) is 51.2 Å². The number of carbonyl (C=O) groups is 2. The largest absolute Gasteiger partial charge is 0.456 e. The molecule has 6 nitrogen and oxygen atoms in total. The van der Waals surface area contributed by atoms with Crippen molar-refractivity contribution < 1.29 is 14.0 Å². The molecule has 5 aliphatic rings. The number of hydrogen-bond acceptors (Lipinski definition) is 6. The van der Waals surface area contributed by atoms with E-state index in [1.165, 1.54) is 27.8 Å². The lowest BCUT2D eigenvalue weighted by atomic mass is 9.57. The fourth-order valence-electron chi connectivity index (χ4n) is 21.1. The highest BCUT2D eigenvalue weighted by Gasteiger charge is 2.53. The zero-order valence-corrected chi connectivity index (χ0v) is 63.7. The Kier molecular flexibility index (Phi) is 14.7. The Bertz CT molecular complexity index is 6930. The predicted octanol–water partition coefficient (Wildman–Crippen LogP) is 26.8. The Balaban J connectivity index is 0.603. The molecule has 0 bridgehead atoms. The molecular formula is C110H73N3O3. The standard InChI is InChI=1S/C110H73N3O3/c1-107(2)91-43-18-23-48-96(91)113(80-36-28-35-79(69-80)112-99-51-26-21-46-94(99)110(95-47-22-27-52-100(95)112)88-41-16-13-38-83(88)104(114)84-39-14-17-42-89(84)110)101-65-63-81-85-67-73(58-66-102(85)116-106(81)103(101)107)70-53-59-77(60-54-70)108(74-29-6-3-7-30-74)87-40-15-12-37-82(87)105(115)86-68-72(57-64-90(86)108)71-55-61-78(62-56-71)111-97-49-24-19-44-92(97)109(75-31-8-4-9-32-75,76-33-10-5-11-34-76)93-45-20-25-50-98(93)111/h3-69H,1-2H3. The van der Waals surface area contributed by atoms with E-state index < -0.39 is 21.7 Å². The van der Waals surface area contributed by atoms with Gasteiger partial charge in [0, 0.05) is 61.1 Å². The molecule has 0 N–H and O–H groups in total. The van der Waals surface area contributed by atoms with Crippen molar-refractivity contribution in [1.82, 2.24) is 0 Å². The average molecular weight is 1480 g/mol. The number of anilines is 9. The first-order chi connectivity index (χ1) is 57.1. The summed E-state index contributed by atoms with van der Waals surface area (Å²) in [7, 11) is 0. The van der Waals surface area contributed by atoms with Crippen molar-refractivity contribution in [2.75, 3.05) is 14.7 Å². The van der Waals surface area contributed by atoms with Crippen molar-refractivity contribution in [3.05, 3.63) is 507 Å². The topological polar surface area (TPSA) is 57.0 Å². The summed E-state index contributed by atoms with van der Waals surface area (Å²) in [5, 5.41) is 2.09. The minimum atomic E-state index is -0.858. The molecule has 1 aromatic heterocycles. The van der Waals surface area contributed by atoms with Gasteiger partial charge >= 0.3 is 0 Å². The van der Waals surface area contributed by atoms with Crippen molar-refractivity contribution in [3.8, 4) is 22.3 Å². The Labute approximate surface area is 673 Å². The van der Waals surface area contributed by atoms with Crippen LogP contribution >= 0.6 is 0 Å². The van der Waals surface area contributed by atoms with Gasteiger partial charge < -0.3 is 19.1 Å². The van der Waals surface area contributed by atoms with E-state index in [2.05, 4.69) is 399 Å². The second kappa shape index (κ2) is 25.4. The summed E-state index contributed by atoms with van der Waals surface area (Å²) in [6, 6.07) is 146. The van der Waals surface area contributed by atoms with Crippen molar-refractivity contribution >= 4 is 84.7 Å². The van der Waals surface area contributed by atoms with Gasteiger partial charge in [-0.05, 0) is 186 Å². The Morgan fingerprint density at radius 2 is 0.586 bits per heavy atom. The SMILES string of the molecule is CC1(C)c2ccccc2N(c2cccc(N3c4ccccc4C4(c5ccccc5C(=O)c5ccccc54)c4ccccc43)c2)c2ccc3c(oc4ccc(-c5ccc(C6(c7ccccc7)c7ccccc7C(=O)c7cc(-c8ccc(N9c%10ccccc%10C(c%10ccccc%10)(c%10ccccc%10)c%10ccccc%109)cc8)ccc76)cc5)cc43)c21. The Morgan fingerprint density at radius 3 is 1.09 bits per heavy atom. The number of benzene rings is 17. The van der Waals surface area contributed by atoms with E-state index in [1.54, 1.807) is 0 Å². The van der Waals surface area contributed by atoms with Gasteiger partial charge in [0.1, 0.15) is 11.2 Å². The number of fused-ring (bicyclic) bond motifs is 18. The molecule has 6 heteroatoms. The van der Waals surface area contributed by atoms with Crippen LogP contribution in [0.5, 0.6) is 0 Å². The lowest BCUT2D eigenvalue weighted by Crippen LogP contribution is -2.42. The highest BCUT2D eigenvalue weighted by molar-refractivity contribution is 6.16. The van der Waals surface area contributed by atoms with Crippen molar-refractivity contribution in [2.45, 2.75) is 35.5 Å². The van der Waals surface area contributed by atoms with Crippen molar-refractivity contribution in [3.63, 3.8) is 0 Å². The monoisotopic (exact) mass is 1480 g/mol. The molecule has 23 rings (SSSR count). The molecule has 1 atom stereocenters. The van der Waals surface area contributed by atoms with Gasteiger partial charge in [0.25, 0.3) is 0 Å². The highest BCUT2D eigenvalue weighted by atomic mass is 16.3. The van der Waals surface area contributed by atoms with Gasteiger partial charge in [-0.25, -0.2) is 0 Å². The normalized spacial score (nSPS) is 15.9. The summed E-state index contributed by atoms with van der Waals surface area (Å²) in [4.78, 5) is 37.2. The smallest absolute Gasteiger partial charge is 0.193 e. The molecule has 0 fully saturated rings. The molecule has 0 amide bonds. The molecule has 546 valence electrons. The number of hydrogen-bond donors (Lipinski definition) is 0. The first-order valence-corrected chi connectivity index (χ1v) is 40.0. The predicted molar refractivity (Wildman–Crippen MR) is 470 cm³/mol. The number of para-hydroxylation sites is 5. The van der Waals surface area contributed by atoms with Gasteiger partial charge in [0.2, 0.25) is 0 Å². The number of carbonyl (C=O) groups excluding carboxylic acids is 2. The number of furan rings is 1. The van der Waals surface area contributed by atoms with Crippen LogP contribution in [0.25, 0.3) is 44.2 Å². The third-order valence-corrected chi connectivity index (χ3v) is 26.0. The summed E-state index contributed by atoms with van der Waals surface area (Å²) < 4.78 is 7.26. The van der Waals surface area contributed by atoms with Gasteiger partial charge in [0.05, 0.1) is 50.4 Å². The average Bonchev–Trinajstić information content (AvgIpc) is 0.754. The third kappa shape index (κ3) is 9.23. The van der Waals surface area contributed by atoms with Crippen molar-refractivity contribution in [2.24, 2.45) is 0 Å². The maximum atomic E-state index is 15.5. The minimum Gasteiger partial charge on any atom is -0.456 e. The van der Waals surface area contributed by atoms with Gasteiger partial charge in [-0.15, -0.1) is 0 Å². The summed E-state index contributed by atoms with van der Waals surface area (Å²) >= 11 is 0. The molecular weight excluding hydrogens is 1410 g/mol. The maximum absolute atomic E-state index is 15.5. The van der Waals surface area contributed by atoms with E-state index in [-0.39, 0.29) is 11.6 Å². The Morgan fingerprint density at radius 1 is 0.233 bits per heavy atom. The summed E-state index contributed by atoms with van der Waals surface area (Å²) in [5.41, 5.74) is 30.9. The van der Waals surface area contributed by atoms with Crippen LogP contribution in [0, 0.1) is 0 Å². The highest BCUT2D eigenvalue weighted by Crippen LogP contribution is 2.63. The summed E-state index contributed by atoms with van der Waals surface area (Å²) in [6.45, 7) is 4.67.